The standard InChI is InChI=1S/C30H25F3N4OS/c1-19-25(16-21-10-5-3-6-11-21)29(37-28(34-19)27(20(2)36-37)22-12-7-4-8-13-22)39-18-26(38)35-24-15-9-14-23(17-24)30(31,32)33/h3-15,17H,16,18H2,1-2H3,(H,35,38). The number of nitrogens with one attached hydrogen (secondary N) is 1. The van der Waals surface area contributed by atoms with E-state index in [1.165, 1.54) is 23.9 Å². The SMILES string of the molecule is Cc1nc2c(-c3ccccc3)c(C)nn2c(SCC(=O)Nc2cccc(C(F)(F)F)c2)c1Cc1ccccc1. The number of halogens is 3. The average Bonchev–Trinajstić information content (AvgIpc) is 3.24. The minimum atomic E-state index is -4.49. The van der Waals surface area contributed by atoms with Gasteiger partial charge in [-0.25, -0.2) is 9.50 Å². The second-order valence-corrected chi connectivity index (χ2v) is 10.1. The topological polar surface area (TPSA) is 59.3 Å². The van der Waals surface area contributed by atoms with Crippen LogP contribution in [0.1, 0.15) is 28.1 Å². The molecular weight excluding hydrogens is 521 g/mol. The monoisotopic (exact) mass is 546 g/mol. The highest BCUT2D eigenvalue weighted by Crippen LogP contribution is 2.34. The summed E-state index contributed by atoms with van der Waals surface area (Å²) in [5.41, 5.74) is 5.53. The molecule has 0 saturated heterocycles. The van der Waals surface area contributed by atoms with Crippen LogP contribution in [0, 0.1) is 13.8 Å². The number of alkyl halides is 3. The number of carbonyl (C=O) groups excluding carboxylic acids is 1. The molecule has 2 aromatic heterocycles. The molecule has 9 heteroatoms. The molecular formula is C30H25F3N4OS. The van der Waals surface area contributed by atoms with Crippen molar-refractivity contribution in [2.24, 2.45) is 0 Å². The molecule has 1 amide bonds. The summed E-state index contributed by atoms with van der Waals surface area (Å²) >= 11 is 1.29. The Morgan fingerprint density at radius 1 is 0.923 bits per heavy atom. The lowest BCUT2D eigenvalue weighted by Gasteiger charge is -2.15. The summed E-state index contributed by atoms with van der Waals surface area (Å²) in [5, 5.41) is 8.17. The summed E-state index contributed by atoms with van der Waals surface area (Å²) in [7, 11) is 0. The van der Waals surface area contributed by atoms with Crippen LogP contribution < -0.4 is 5.32 Å². The molecule has 0 fully saturated rings. The predicted octanol–water partition coefficient (Wildman–Crippen LogP) is 7.35. The average molecular weight is 547 g/mol. The number of fused-ring (bicyclic) bond motifs is 1. The molecule has 0 spiro atoms. The van der Waals surface area contributed by atoms with Gasteiger partial charge in [0.2, 0.25) is 5.91 Å². The summed E-state index contributed by atoms with van der Waals surface area (Å²) in [5.74, 6) is -0.435. The van der Waals surface area contributed by atoms with E-state index in [4.69, 9.17) is 10.1 Å². The highest BCUT2D eigenvalue weighted by Gasteiger charge is 2.30. The Hall–Kier alpha value is -4.11. The Morgan fingerprint density at radius 3 is 2.31 bits per heavy atom. The van der Waals surface area contributed by atoms with E-state index in [0.29, 0.717) is 12.1 Å². The molecule has 1 N–H and O–H groups in total. The minimum Gasteiger partial charge on any atom is -0.325 e. The van der Waals surface area contributed by atoms with E-state index < -0.39 is 17.6 Å². The van der Waals surface area contributed by atoms with Crippen LogP contribution in [0.15, 0.2) is 90.0 Å². The lowest BCUT2D eigenvalue weighted by molar-refractivity contribution is -0.137. The molecule has 0 aliphatic carbocycles. The maximum atomic E-state index is 13.1. The van der Waals surface area contributed by atoms with Crippen LogP contribution in [0.25, 0.3) is 16.8 Å². The molecule has 39 heavy (non-hydrogen) atoms. The summed E-state index contributed by atoms with van der Waals surface area (Å²) < 4.78 is 41.1. The zero-order chi connectivity index (χ0) is 27.6. The van der Waals surface area contributed by atoms with Gasteiger partial charge >= 0.3 is 6.18 Å². The van der Waals surface area contributed by atoms with Crippen molar-refractivity contribution in [3.8, 4) is 11.1 Å². The number of carbonyl (C=O) groups is 1. The Balaban J connectivity index is 1.51. The van der Waals surface area contributed by atoms with Crippen molar-refractivity contribution < 1.29 is 18.0 Å². The van der Waals surface area contributed by atoms with E-state index in [9.17, 15) is 18.0 Å². The Bertz CT molecular complexity index is 1630. The Morgan fingerprint density at radius 2 is 1.62 bits per heavy atom. The number of anilines is 1. The maximum Gasteiger partial charge on any atom is 0.416 e. The molecule has 3 aromatic carbocycles. The highest BCUT2D eigenvalue weighted by atomic mass is 32.2. The lowest BCUT2D eigenvalue weighted by Crippen LogP contribution is -2.16. The van der Waals surface area contributed by atoms with Gasteiger partial charge in [0.25, 0.3) is 0 Å². The van der Waals surface area contributed by atoms with Crippen molar-refractivity contribution in [1.29, 1.82) is 0 Å². The molecule has 198 valence electrons. The van der Waals surface area contributed by atoms with Crippen molar-refractivity contribution in [2.75, 3.05) is 11.1 Å². The molecule has 0 aliphatic heterocycles. The number of amides is 1. The zero-order valence-electron chi connectivity index (χ0n) is 21.3. The molecule has 0 saturated carbocycles. The number of rotatable bonds is 7. The molecule has 0 atom stereocenters. The van der Waals surface area contributed by atoms with Gasteiger partial charge in [0.05, 0.1) is 17.0 Å². The van der Waals surface area contributed by atoms with Crippen LogP contribution >= 0.6 is 11.8 Å². The molecule has 2 heterocycles. The van der Waals surface area contributed by atoms with Crippen LogP contribution in [-0.4, -0.2) is 26.3 Å². The first-order valence-electron chi connectivity index (χ1n) is 12.3. The van der Waals surface area contributed by atoms with Crippen LogP contribution in [0.5, 0.6) is 0 Å². The fourth-order valence-corrected chi connectivity index (χ4v) is 5.45. The van der Waals surface area contributed by atoms with Crippen molar-refractivity contribution in [3.63, 3.8) is 0 Å². The number of aromatic nitrogens is 3. The van der Waals surface area contributed by atoms with Gasteiger partial charge in [-0.2, -0.15) is 18.3 Å². The van der Waals surface area contributed by atoms with Crippen LogP contribution in [-0.2, 0) is 17.4 Å². The molecule has 5 nitrogen and oxygen atoms in total. The largest absolute Gasteiger partial charge is 0.416 e. The van der Waals surface area contributed by atoms with Crippen LogP contribution in [0.2, 0.25) is 0 Å². The summed E-state index contributed by atoms with van der Waals surface area (Å²) in [6.45, 7) is 3.88. The van der Waals surface area contributed by atoms with Crippen LogP contribution in [0.4, 0.5) is 18.9 Å². The van der Waals surface area contributed by atoms with Crippen LogP contribution in [0.3, 0.4) is 0 Å². The molecule has 0 radical (unpaired) electrons. The number of thioether (sulfide) groups is 1. The molecule has 0 bridgehead atoms. The van der Waals surface area contributed by atoms with Gasteiger partial charge in [-0.15, -0.1) is 0 Å². The molecule has 0 aliphatic rings. The summed E-state index contributed by atoms with van der Waals surface area (Å²) in [6.07, 6.45) is -3.90. The van der Waals surface area contributed by atoms with Gasteiger partial charge in [-0.1, -0.05) is 78.5 Å². The number of hydrogen-bond donors (Lipinski definition) is 1. The highest BCUT2D eigenvalue weighted by molar-refractivity contribution is 8.00. The second kappa shape index (κ2) is 10.9. The second-order valence-electron chi connectivity index (χ2n) is 9.12. The van der Waals surface area contributed by atoms with Crippen molar-refractivity contribution in [3.05, 3.63) is 113 Å². The van der Waals surface area contributed by atoms with Gasteiger partial charge in [-0.3, -0.25) is 4.79 Å². The lowest BCUT2D eigenvalue weighted by atomic mass is 10.0. The van der Waals surface area contributed by atoms with E-state index in [1.807, 2.05) is 74.5 Å². The molecule has 0 unspecified atom stereocenters. The van der Waals surface area contributed by atoms with Gasteiger partial charge < -0.3 is 5.32 Å². The molecule has 5 rings (SSSR count). The van der Waals surface area contributed by atoms with Crippen molar-refractivity contribution in [2.45, 2.75) is 31.5 Å². The normalized spacial score (nSPS) is 11.6. The number of hydrogen-bond acceptors (Lipinski definition) is 4. The first-order chi connectivity index (χ1) is 18.7. The van der Waals surface area contributed by atoms with E-state index in [1.54, 1.807) is 4.52 Å². The van der Waals surface area contributed by atoms with E-state index >= 15 is 0 Å². The Labute approximate surface area is 228 Å². The number of benzene rings is 3. The smallest absolute Gasteiger partial charge is 0.325 e. The summed E-state index contributed by atoms with van der Waals surface area (Å²) in [6, 6.07) is 24.5. The van der Waals surface area contributed by atoms with Gasteiger partial charge in [0, 0.05) is 28.9 Å². The van der Waals surface area contributed by atoms with E-state index in [2.05, 4.69) is 5.32 Å². The van der Waals surface area contributed by atoms with E-state index in [-0.39, 0.29) is 11.4 Å². The van der Waals surface area contributed by atoms with Gasteiger partial charge in [-0.05, 0) is 43.2 Å². The zero-order valence-corrected chi connectivity index (χ0v) is 22.1. The first-order valence-corrected chi connectivity index (χ1v) is 13.3. The third kappa shape index (κ3) is 5.83. The first kappa shape index (κ1) is 26.5. The third-order valence-electron chi connectivity index (χ3n) is 6.30. The third-order valence-corrected chi connectivity index (χ3v) is 7.40. The fourth-order valence-electron chi connectivity index (χ4n) is 4.47. The fraction of sp³-hybridized carbons (Fsp3) is 0.167. The predicted molar refractivity (Wildman–Crippen MR) is 148 cm³/mol. The number of aryl methyl sites for hydroxylation is 2. The minimum absolute atomic E-state index is 0.0177. The quantitative estimate of drug-likeness (QED) is 0.171. The van der Waals surface area contributed by atoms with Gasteiger partial charge in [0.15, 0.2) is 5.65 Å². The number of nitrogens with zero attached hydrogens (tertiary/aromatic N) is 3. The Kier molecular flexibility index (Phi) is 7.43. The summed E-state index contributed by atoms with van der Waals surface area (Å²) in [4.78, 5) is 17.8. The molecule has 5 aromatic rings. The van der Waals surface area contributed by atoms with Crippen molar-refractivity contribution >= 4 is 29.0 Å². The van der Waals surface area contributed by atoms with Gasteiger partial charge in [0.1, 0.15) is 5.03 Å². The van der Waals surface area contributed by atoms with Crippen molar-refractivity contribution in [1.82, 2.24) is 14.6 Å². The maximum absolute atomic E-state index is 13.1. The van der Waals surface area contributed by atoms with E-state index in [0.717, 1.165) is 50.8 Å².